The molecule has 1 aromatic heterocycles. The molecule has 4 heteroatoms. The highest BCUT2D eigenvalue weighted by molar-refractivity contribution is 6.10. The van der Waals surface area contributed by atoms with Crippen molar-refractivity contribution in [2.75, 3.05) is 6.54 Å². The number of hydrogen-bond acceptors (Lipinski definition) is 3. The maximum atomic E-state index is 12.4. The van der Waals surface area contributed by atoms with E-state index in [9.17, 15) is 9.59 Å². The van der Waals surface area contributed by atoms with Crippen molar-refractivity contribution in [3.63, 3.8) is 0 Å². The molecule has 0 spiro atoms. The van der Waals surface area contributed by atoms with Crippen LogP contribution in [0.2, 0.25) is 0 Å². The minimum Gasteiger partial charge on any atom is -0.459 e. The average molecular weight is 293 g/mol. The summed E-state index contributed by atoms with van der Waals surface area (Å²) < 4.78 is 5.11. The van der Waals surface area contributed by atoms with Gasteiger partial charge in [0, 0.05) is 11.1 Å². The van der Waals surface area contributed by atoms with Crippen LogP contribution in [0.15, 0.2) is 59.2 Å². The van der Waals surface area contributed by atoms with Gasteiger partial charge >= 0.3 is 0 Å². The Morgan fingerprint density at radius 1 is 1.05 bits per heavy atom. The van der Waals surface area contributed by atoms with E-state index in [2.05, 4.69) is 5.32 Å². The maximum Gasteiger partial charge on any atom is 0.287 e. The van der Waals surface area contributed by atoms with Gasteiger partial charge in [0.25, 0.3) is 5.91 Å². The molecule has 1 N–H and O–H groups in total. The highest BCUT2D eigenvalue weighted by Gasteiger charge is 2.15. The molecular formula is C18H15NO3. The largest absolute Gasteiger partial charge is 0.459 e. The van der Waals surface area contributed by atoms with E-state index in [1.807, 2.05) is 36.4 Å². The van der Waals surface area contributed by atoms with Crippen molar-refractivity contribution in [3.05, 3.63) is 71.7 Å². The van der Waals surface area contributed by atoms with Crippen LogP contribution in [0.5, 0.6) is 0 Å². The van der Waals surface area contributed by atoms with Gasteiger partial charge in [-0.15, -0.1) is 0 Å². The molecule has 0 radical (unpaired) electrons. The quantitative estimate of drug-likeness (QED) is 0.750. The number of furan rings is 1. The Morgan fingerprint density at radius 2 is 1.82 bits per heavy atom. The molecule has 2 aromatic carbocycles. The zero-order valence-electron chi connectivity index (χ0n) is 12.1. The lowest BCUT2D eigenvalue weighted by Crippen LogP contribution is -2.29. The number of nitrogens with one attached hydrogen (secondary N) is 1. The van der Waals surface area contributed by atoms with Gasteiger partial charge in [-0.25, -0.2) is 0 Å². The van der Waals surface area contributed by atoms with Gasteiger partial charge in [0.05, 0.1) is 12.8 Å². The summed E-state index contributed by atoms with van der Waals surface area (Å²) in [4.78, 5) is 24.3. The lowest BCUT2D eigenvalue weighted by atomic mass is 10.0. The van der Waals surface area contributed by atoms with Gasteiger partial charge < -0.3 is 9.73 Å². The fourth-order valence-corrected chi connectivity index (χ4v) is 2.41. The van der Waals surface area contributed by atoms with Crippen LogP contribution in [-0.2, 0) is 0 Å². The van der Waals surface area contributed by atoms with Crippen LogP contribution in [0.1, 0.15) is 26.5 Å². The van der Waals surface area contributed by atoms with Crippen molar-refractivity contribution < 1.29 is 14.0 Å². The molecule has 0 unspecified atom stereocenters. The number of carbonyl (C=O) groups excluding carboxylic acids is 2. The van der Waals surface area contributed by atoms with Crippen LogP contribution in [0.3, 0.4) is 0 Å². The van der Waals surface area contributed by atoms with Crippen molar-refractivity contribution in [1.29, 1.82) is 0 Å². The molecular weight excluding hydrogens is 278 g/mol. The molecule has 0 aliphatic carbocycles. The lowest BCUT2D eigenvalue weighted by Gasteiger charge is -2.07. The summed E-state index contributed by atoms with van der Waals surface area (Å²) in [6.07, 6.45) is 1.46. The van der Waals surface area contributed by atoms with Crippen LogP contribution in [-0.4, -0.2) is 18.2 Å². The Balaban J connectivity index is 1.77. The van der Waals surface area contributed by atoms with E-state index < -0.39 is 0 Å². The van der Waals surface area contributed by atoms with Gasteiger partial charge in [-0.05, 0) is 23.8 Å². The fourth-order valence-electron chi connectivity index (χ4n) is 2.41. The third-order valence-corrected chi connectivity index (χ3v) is 3.57. The number of carbonyl (C=O) groups is 2. The first kappa shape index (κ1) is 14.1. The van der Waals surface area contributed by atoms with Crippen LogP contribution in [0.25, 0.3) is 10.8 Å². The van der Waals surface area contributed by atoms with Crippen molar-refractivity contribution in [2.24, 2.45) is 0 Å². The van der Waals surface area contributed by atoms with Gasteiger partial charge in [0.15, 0.2) is 11.5 Å². The normalized spacial score (nSPS) is 10.6. The Bertz CT molecular complexity index is 843. The van der Waals surface area contributed by atoms with E-state index in [0.717, 1.165) is 16.3 Å². The minimum absolute atomic E-state index is 0.0625. The van der Waals surface area contributed by atoms with E-state index in [-0.39, 0.29) is 24.0 Å². The predicted octanol–water partition coefficient (Wildman–Crippen LogP) is 3.35. The topological polar surface area (TPSA) is 59.3 Å². The highest BCUT2D eigenvalue weighted by Crippen LogP contribution is 2.18. The standard InChI is InChI=1S/C18H15NO3/c1-12-9-10-22-17(12)18(21)19-11-16(20)15-8-4-6-13-5-2-3-7-14(13)15/h2-10H,11H2,1H3,(H,19,21). The summed E-state index contributed by atoms with van der Waals surface area (Å²) in [6, 6.07) is 15.0. The smallest absolute Gasteiger partial charge is 0.287 e. The van der Waals surface area contributed by atoms with Crippen LogP contribution in [0.4, 0.5) is 0 Å². The monoisotopic (exact) mass is 293 g/mol. The maximum absolute atomic E-state index is 12.4. The first-order valence-corrected chi connectivity index (χ1v) is 7.00. The van der Waals surface area contributed by atoms with Gasteiger partial charge in [-0.3, -0.25) is 9.59 Å². The molecule has 0 saturated heterocycles. The van der Waals surface area contributed by atoms with E-state index >= 15 is 0 Å². The Labute approximate surface area is 127 Å². The summed E-state index contributed by atoms with van der Waals surface area (Å²) in [5.41, 5.74) is 1.35. The lowest BCUT2D eigenvalue weighted by molar-refractivity contribution is 0.0885. The molecule has 3 rings (SSSR count). The molecule has 0 fully saturated rings. The molecule has 22 heavy (non-hydrogen) atoms. The number of Topliss-reactive ketones (excluding diaryl/α,β-unsaturated/α-hetero) is 1. The molecule has 4 nitrogen and oxygen atoms in total. The molecule has 0 aliphatic heterocycles. The summed E-state index contributed by atoms with van der Waals surface area (Å²) in [7, 11) is 0. The number of benzene rings is 2. The molecule has 1 heterocycles. The number of rotatable bonds is 4. The summed E-state index contributed by atoms with van der Waals surface area (Å²) in [5.74, 6) is -0.267. The molecule has 0 bridgehead atoms. The summed E-state index contributed by atoms with van der Waals surface area (Å²) in [6.45, 7) is 1.72. The molecule has 110 valence electrons. The SMILES string of the molecule is Cc1ccoc1C(=O)NCC(=O)c1cccc2ccccc12. The van der Waals surface area contributed by atoms with Crippen molar-refractivity contribution in [1.82, 2.24) is 5.32 Å². The second-order valence-electron chi connectivity index (χ2n) is 5.07. The van der Waals surface area contributed by atoms with Crippen LogP contribution < -0.4 is 5.32 Å². The van der Waals surface area contributed by atoms with E-state index in [0.29, 0.717) is 5.56 Å². The first-order valence-electron chi connectivity index (χ1n) is 7.00. The number of amides is 1. The second kappa shape index (κ2) is 5.85. The molecule has 1 amide bonds. The third kappa shape index (κ3) is 2.63. The fraction of sp³-hybridized carbons (Fsp3) is 0.111. The minimum atomic E-state index is -0.379. The molecule has 0 saturated carbocycles. The van der Waals surface area contributed by atoms with Crippen molar-refractivity contribution in [2.45, 2.75) is 6.92 Å². The van der Waals surface area contributed by atoms with Gasteiger partial charge in [0.2, 0.25) is 0 Å². The number of hydrogen-bond donors (Lipinski definition) is 1. The number of fused-ring (bicyclic) bond motifs is 1. The van der Waals surface area contributed by atoms with Gasteiger partial charge in [-0.2, -0.15) is 0 Å². The van der Waals surface area contributed by atoms with Crippen LogP contribution in [0, 0.1) is 6.92 Å². The van der Waals surface area contributed by atoms with Gasteiger partial charge in [0.1, 0.15) is 0 Å². The second-order valence-corrected chi connectivity index (χ2v) is 5.07. The number of aryl methyl sites for hydroxylation is 1. The van der Waals surface area contributed by atoms with E-state index in [1.54, 1.807) is 19.1 Å². The van der Waals surface area contributed by atoms with Gasteiger partial charge in [-0.1, -0.05) is 42.5 Å². The van der Waals surface area contributed by atoms with E-state index in [4.69, 9.17) is 4.42 Å². The van der Waals surface area contributed by atoms with Crippen LogP contribution >= 0.6 is 0 Å². The molecule has 0 atom stereocenters. The average Bonchev–Trinajstić information content (AvgIpc) is 2.98. The third-order valence-electron chi connectivity index (χ3n) is 3.57. The first-order chi connectivity index (χ1) is 10.7. The molecule has 3 aromatic rings. The van der Waals surface area contributed by atoms with Crippen molar-refractivity contribution in [3.8, 4) is 0 Å². The Kier molecular flexibility index (Phi) is 3.74. The Hall–Kier alpha value is -2.88. The Morgan fingerprint density at radius 3 is 2.59 bits per heavy atom. The zero-order chi connectivity index (χ0) is 15.5. The van der Waals surface area contributed by atoms with Crippen molar-refractivity contribution >= 4 is 22.5 Å². The molecule has 0 aliphatic rings. The predicted molar refractivity (Wildman–Crippen MR) is 84.1 cm³/mol. The zero-order valence-corrected chi connectivity index (χ0v) is 12.1. The van der Waals surface area contributed by atoms with E-state index in [1.165, 1.54) is 6.26 Å². The summed E-state index contributed by atoms with van der Waals surface area (Å²) in [5, 5.41) is 4.50. The number of ketones is 1. The highest BCUT2D eigenvalue weighted by atomic mass is 16.3. The summed E-state index contributed by atoms with van der Waals surface area (Å²) >= 11 is 0.